The van der Waals surface area contributed by atoms with E-state index in [2.05, 4.69) is 4.99 Å². The van der Waals surface area contributed by atoms with Gasteiger partial charge in [0.15, 0.2) is 0 Å². The lowest BCUT2D eigenvalue weighted by Crippen LogP contribution is -2.42. The van der Waals surface area contributed by atoms with Crippen LogP contribution < -0.4 is 4.74 Å². The van der Waals surface area contributed by atoms with Gasteiger partial charge in [0.2, 0.25) is 6.10 Å². The van der Waals surface area contributed by atoms with Gasteiger partial charge in [-0.3, -0.25) is 4.99 Å². The molecule has 0 saturated carbocycles. The summed E-state index contributed by atoms with van der Waals surface area (Å²) in [5.41, 5.74) is 0.863. The highest BCUT2D eigenvalue weighted by molar-refractivity contribution is 6.07. The third-order valence-corrected chi connectivity index (χ3v) is 4.05. The number of rotatable bonds is 4. The number of carbonyl (C=O) groups is 1. The predicted octanol–water partition coefficient (Wildman–Crippen LogP) is 3.83. The molecule has 26 heavy (non-hydrogen) atoms. The molecule has 1 unspecified atom stereocenters. The maximum Gasteiger partial charge on any atom is 0.431 e. The van der Waals surface area contributed by atoms with Gasteiger partial charge in [-0.15, -0.1) is 0 Å². The minimum atomic E-state index is -4.77. The molecule has 1 aliphatic rings. The first-order valence-electron chi connectivity index (χ1n) is 7.94. The third-order valence-electron chi connectivity index (χ3n) is 4.05. The third kappa shape index (κ3) is 3.71. The number of halogens is 3. The quantitative estimate of drug-likeness (QED) is 0.776. The number of carbonyl (C=O) groups excluding carboxylic acids is 1. The second-order valence-electron chi connectivity index (χ2n) is 5.73. The van der Waals surface area contributed by atoms with Crippen LogP contribution in [0.2, 0.25) is 0 Å². The van der Waals surface area contributed by atoms with Crippen molar-refractivity contribution in [2.24, 2.45) is 4.99 Å². The van der Waals surface area contributed by atoms with E-state index in [0.29, 0.717) is 17.7 Å². The van der Waals surface area contributed by atoms with Crippen LogP contribution in [0, 0.1) is 0 Å². The van der Waals surface area contributed by atoms with Gasteiger partial charge in [0.1, 0.15) is 5.75 Å². The van der Waals surface area contributed by atoms with Crippen molar-refractivity contribution in [1.82, 2.24) is 0 Å². The zero-order valence-electron chi connectivity index (χ0n) is 13.9. The van der Waals surface area contributed by atoms with E-state index >= 15 is 0 Å². The molecule has 7 heteroatoms. The molecule has 1 atom stereocenters. The van der Waals surface area contributed by atoms with Crippen molar-refractivity contribution in [2.75, 3.05) is 13.7 Å². The van der Waals surface area contributed by atoms with Crippen LogP contribution in [0.15, 0.2) is 53.5 Å². The fraction of sp³-hybridized carbons (Fsp3) is 0.263. The van der Waals surface area contributed by atoms with E-state index in [1.165, 1.54) is 31.4 Å². The van der Waals surface area contributed by atoms with Gasteiger partial charge in [0.25, 0.3) is 0 Å². The molecule has 0 radical (unpaired) electrons. The minimum absolute atomic E-state index is 0.00439. The molecule has 0 amide bonds. The molecule has 1 aliphatic heterocycles. The minimum Gasteiger partial charge on any atom is -0.497 e. The molecule has 3 rings (SSSR count). The number of fused-ring (bicyclic) bond motifs is 1. The molecule has 2 aromatic rings. The van der Waals surface area contributed by atoms with Crippen LogP contribution in [0.4, 0.5) is 13.2 Å². The molecule has 0 N–H and O–H groups in total. The van der Waals surface area contributed by atoms with E-state index in [1.54, 1.807) is 24.3 Å². The Bertz CT molecular complexity index is 829. The second kappa shape index (κ2) is 7.19. The van der Waals surface area contributed by atoms with E-state index < -0.39 is 18.2 Å². The molecule has 136 valence electrons. The number of ether oxygens (including phenoxy) is 2. The highest BCUT2D eigenvalue weighted by Gasteiger charge is 2.47. The number of hydrogen-bond acceptors (Lipinski definition) is 4. The monoisotopic (exact) mass is 363 g/mol. The molecule has 4 nitrogen and oxygen atoms in total. The Labute approximate surface area is 148 Å². The molecular formula is C19H16F3NO3. The zero-order valence-corrected chi connectivity index (χ0v) is 13.9. The predicted molar refractivity (Wildman–Crippen MR) is 89.8 cm³/mol. The number of benzene rings is 2. The summed E-state index contributed by atoms with van der Waals surface area (Å²) >= 11 is 0. The molecule has 0 aromatic heterocycles. The van der Waals surface area contributed by atoms with E-state index in [0.717, 1.165) is 5.56 Å². The Morgan fingerprint density at radius 1 is 1.12 bits per heavy atom. The van der Waals surface area contributed by atoms with Crippen molar-refractivity contribution in [3.8, 4) is 5.75 Å². The van der Waals surface area contributed by atoms with Crippen molar-refractivity contribution >= 4 is 11.7 Å². The molecule has 0 fully saturated rings. The first-order valence-corrected chi connectivity index (χ1v) is 7.94. The van der Waals surface area contributed by atoms with Crippen molar-refractivity contribution in [1.29, 1.82) is 0 Å². The lowest BCUT2D eigenvalue weighted by molar-refractivity contribution is -0.182. The summed E-state index contributed by atoms with van der Waals surface area (Å²) in [7, 11) is 1.45. The fourth-order valence-electron chi connectivity index (χ4n) is 2.77. The average molecular weight is 363 g/mol. The summed E-state index contributed by atoms with van der Waals surface area (Å²) in [6, 6.07) is 12.4. The van der Waals surface area contributed by atoms with Gasteiger partial charge >= 0.3 is 12.1 Å². The second-order valence-corrected chi connectivity index (χ2v) is 5.73. The topological polar surface area (TPSA) is 47.9 Å². The SMILES string of the molecule is COc1ccc(C(=O)OC(C2=NCCc3ccccc32)C(F)(F)F)cc1. The van der Waals surface area contributed by atoms with E-state index in [-0.39, 0.29) is 17.8 Å². The first-order chi connectivity index (χ1) is 12.4. The van der Waals surface area contributed by atoms with Gasteiger partial charge < -0.3 is 9.47 Å². The maximum atomic E-state index is 13.6. The normalized spacial score (nSPS) is 14.8. The van der Waals surface area contributed by atoms with Crippen molar-refractivity contribution in [3.05, 3.63) is 65.2 Å². The standard InChI is InChI=1S/C19H16F3NO3/c1-25-14-8-6-13(7-9-14)18(24)26-17(19(20,21)22)16-15-5-3-2-4-12(15)10-11-23-16/h2-9,17H,10-11H2,1H3. The van der Waals surface area contributed by atoms with Crippen LogP contribution in [-0.2, 0) is 11.2 Å². The van der Waals surface area contributed by atoms with Crippen LogP contribution in [0.25, 0.3) is 0 Å². The molecular weight excluding hydrogens is 347 g/mol. The van der Waals surface area contributed by atoms with Crippen molar-refractivity contribution in [2.45, 2.75) is 18.7 Å². The van der Waals surface area contributed by atoms with Crippen molar-refractivity contribution < 1.29 is 27.4 Å². The number of methoxy groups -OCH3 is 1. The van der Waals surface area contributed by atoms with Crippen LogP contribution in [-0.4, -0.2) is 37.6 Å². The molecule has 0 bridgehead atoms. The average Bonchev–Trinajstić information content (AvgIpc) is 2.65. The summed E-state index contributed by atoms with van der Waals surface area (Å²) in [5.74, 6) is -0.583. The summed E-state index contributed by atoms with van der Waals surface area (Å²) in [4.78, 5) is 16.2. The van der Waals surface area contributed by atoms with Gasteiger partial charge in [-0.2, -0.15) is 13.2 Å². The Kier molecular flexibility index (Phi) is 4.97. The molecule has 0 spiro atoms. The maximum absolute atomic E-state index is 13.6. The number of aliphatic imine (C=N–C) groups is 1. The number of nitrogens with zero attached hydrogens (tertiary/aromatic N) is 1. The van der Waals surface area contributed by atoms with Crippen LogP contribution in [0.5, 0.6) is 5.75 Å². The largest absolute Gasteiger partial charge is 0.497 e. The summed E-state index contributed by atoms with van der Waals surface area (Å²) in [6.07, 6.45) is -6.64. The van der Waals surface area contributed by atoms with Gasteiger partial charge in [-0.25, -0.2) is 4.79 Å². The fourth-order valence-corrected chi connectivity index (χ4v) is 2.77. The Hall–Kier alpha value is -2.83. The van der Waals surface area contributed by atoms with E-state index in [4.69, 9.17) is 9.47 Å². The summed E-state index contributed by atoms with van der Waals surface area (Å²) in [6.45, 7) is 0.221. The summed E-state index contributed by atoms with van der Waals surface area (Å²) < 4.78 is 50.6. The highest BCUT2D eigenvalue weighted by atomic mass is 19.4. The van der Waals surface area contributed by atoms with Gasteiger partial charge in [-0.05, 0) is 36.2 Å². The van der Waals surface area contributed by atoms with Gasteiger partial charge in [0, 0.05) is 12.1 Å². The molecule has 0 aliphatic carbocycles. The smallest absolute Gasteiger partial charge is 0.431 e. The highest BCUT2D eigenvalue weighted by Crippen LogP contribution is 2.30. The number of hydrogen-bond donors (Lipinski definition) is 0. The lowest BCUT2D eigenvalue weighted by Gasteiger charge is -2.26. The van der Waals surface area contributed by atoms with E-state index in [1.807, 2.05) is 0 Å². The lowest BCUT2D eigenvalue weighted by atomic mass is 9.94. The molecule has 2 aromatic carbocycles. The Morgan fingerprint density at radius 2 is 1.81 bits per heavy atom. The van der Waals surface area contributed by atoms with Crippen LogP contribution >= 0.6 is 0 Å². The summed E-state index contributed by atoms with van der Waals surface area (Å²) in [5, 5.41) is 0. The van der Waals surface area contributed by atoms with Crippen LogP contribution in [0.3, 0.4) is 0 Å². The van der Waals surface area contributed by atoms with E-state index in [9.17, 15) is 18.0 Å². The molecule has 0 saturated heterocycles. The van der Waals surface area contributed by atoms with Crippen molar-refractivity contribution in [3.63, 3.8) is 0 Å². The first kappa shape index (κ1) is 18.0. The number of esters is 1. The Morgan fingerprint density at radius 3 is 2.46 bits per heavy atom. The van der Waals surface area contributed by atoms with Gasteiger partial charge in [-0.1, -0.05) is 24.3 Å². The molecule has 1 heterocycles. The zero-order chi connectivity index (χ0) is 18.7. The number of alkyl halides is 3. The van der Waals surface area contributed by atoms with Crippen LogP contribution in [0.1, 0.15) is 21.5 Å². The Balaban J connectivity index is 1.90. The van der Waals surface area contributed by atoms with Gasteiger partial charge in [0.05, 0.1) is 18.4 Å².